The molecular formula is C7H8N6O. The zero-order valence-corrected chi connectivity index (χ0v) is 7.43. The van der Waals surface area contributed by atoms with E-state index in [0.717, 1.165) is 4.57 Å². The highest BCUT2D eigenvalue weighted by molar-refractivity contribution is 5.90. The zero-order valence-electron chi connectivity index (χ0n) is 7.43. The maximum absolute atomic E-state index is 10.9. The van der Waals surface area contributed by atoms with Crippen LogP contribution in [0.15, 0.2) is 12.7 Å². The second-order valence-electron chi connectivity index (χ2n) is 2.60. The number of hydrogen-bond donors (Lipinski definition) is 2. The summed E-state index contributed by atoms with van der Waals surface area (Å²) < 4.78 is 1.16. The summed E-state index contributed by atoms with van der Waals surface area (Å²) in [5.41, 5.74) is 6.04. The van der Waals surface area contributed by atoms with Crippen LogP contribution < -0.4 is 11.1 Å². The molecule has 0 saturated carbocycles. The van der Waals surface area contributed by atoms with Crippen LogP contribution in [0, 0.1) is 0 Å². The number of fused-ring (bicyclic) bond motifs is 1. The van der Waals surface area contributed by atoms with Gasteiger partial charge in [0.15, 0.2) is 17.0 Å². The highest BCUT2D eigenvalue weighted by atomic mass is 16.2. The molecule has 7 nitrogen and oxygen atoms in total. The van der Waals surface area contributed by atoms with Crippen LogP contribution in [0.2, 0.25) is 0 Å². The fourth-order valence-corrected chi connectivity index (χ4v) is 1.18. The topological polar surface area (TPSA) is 98.7 Å². The molecule has 14 heavy (non-hydrogen) atoms. The Morgan fingerprint density at radius 3 is 2.93 bits per heavy atom. The van der Waals surface area contributed by atoms with Crippen LogP contribution in [0.5, 0.6) is 0 Å². The number of primary amides is 1. The van der Waals surface area contributed by atoms with Gasteiger partial charge in [0.2, 0.25) is 0 Å². The molecule has 0 aliphatic carbocycles. The number of hydrogen-bond acceptors (Lipinski definition) is 5. The van der Waals surface area contributed by atoms with Crippen LogP contribution in [-0.4, -0.2) is 32.6 Å². The number of anilines is 1. The van der Waals surface area contributed by atoms with Crippen molar-refractivity contribution in [2.45, 2.75) is 0 Å². The van der Waals surface area contributed by atoms with Crippen molar-refractivity contribution in [1.82, 2.24) is 19.5 Å². The Bertz CT molecular complexity index is 490. The predicted molar refractivity (Wildman–Crippen MR) is 49.9 cm³/mol. The van der Waals surface area contributed by atoms with Crippen LogP contribution in [0.25, 0.3) is 11.2 Å². The molecule has 1 amide bonds. The minimum Gasteiger partial charge on any atom is -0.371 e. The van der Waals surface area contributed by atoms with E-state index in [1.165, 1.54) is 12.7 Å². The molecule has 7 heteroatoms. The van der Waals surface area contributed by atoms with E-state index in [-0.39, 0.29) is 0 Å². The van der Waals surface area contributed by atoms with E-state index in [9.17, 15) is 4.79 Å². The average molecular weight is 192 g/mol. The van der Waals surface area contributed by atoms with E-state index in [2.05, 4.69) is 20.3 Å². The lowest BCUT2D eigenvalue weighted by atomic mass is 10.5. The third-order valence-corrected chi connectivity index (χ3v) is 1.81. The normalized spacial score (nSPS) is 10.4. The van der Waals surface area contributed by atoms with Gasteiger partial charge in [-0.2, -0.15) is 0 Å². The monoisotopic (exact) mass is 192 g/mol. The Balaban J connectivity index is 2.75. The fraction of sp³-hybridized carbons (Fsp3) is 0.143. The van der Waals surface area contributed by atoms with E-state index in [4.69, 9.17) is 5.73 Å². The highest BCUT2D eigenvalue weighted by Gasteiger charge is 2.10. The number of amides is 1. The first-order valence-corrected chi connectivity index (χ1v) is 3.89. The number of nitrogens with two attached hydrogens (primary N) is 1. The summed E-state index contributed by atoms with van der Waals surface area (Å²) in [5, 5.41) is 2.84. The molecule has 0 unspecified atom stereocenters. The van der Waals surface area contributed by atoms with Crippen molar-refractivity contribution in [2.24, 2.45) is 5.73 Å². The van der Waals surface area contributed by atoms with Crippen molar-refractivity contribution in [3.05, 3.63) is 12.7 Å². The maximum atomic E-state index is 10.9. The SMILES string of the molecule is CNc1ncnc2c1ncn2C(N)=O. The van der Waals surface area contributed by atoms with Crippen LogP contribution in [0.3, 0.4) is 0 Å². The molecule has 0 aliphatic heterocycles. The van der Waals surface area contributed by atoms with Crippen molar-refractivity contribution in [1.29, 1.82) is 0 Å². The molecule has 2 aromatic rings. The fourth-order valence-electron chi connectivity index (χ4n) is 1.18. The van der Waals surface area contributed by atoms with E-state index in [1.807, 2.05) is 0 Å². The molecule has 0 aliphatic rings. The van der Waals surface area contributed by atoms with Gasteiger partial charge in [-0.1, -0.05) is 0 Å². The van der Waals surface area contributed by atoms with Gasteiger partial charge in [0.25, 0.3) is 0 Å². The van der Waals surface area contributed by atoms with E-state index in [1.54, 1.807) is 7.05 Å². The van der Waals surface area contributed by atoms with Crippen LogP contribution in [-0.2, 0) is 0 Å². The number of rotatable bonds is 1. The molecule has 0 aromatic carbocycles. The van der Waals surface area contributed by atoms with Crippen molar-refractivity contribution >= 4 is 23.0 Å². The zero-order chi connectivity index (χ0) is 10.1. The minimum absolute atomic E-state index is 0.400. The number of imidazole rings is 1. The van der Waals surface area contributed by atoms with E-state index >= 15 is 0 Å². The molecule has 0 radical (unpaired) electrons. The van der Waals surface area contributed by atoms with Gasteiger partial charge in [0.05, 0.1) is 0 Å². The lowest BCUT2D eigenvalue weighted by molar-refractivity contribution is 0.251. The van der Waals surface area contributed by atoms with Gasteiger partial charge in [-0.05, 0) is 0 Å². The van der Waals surface area contributed by atoms with Crippen molar-refractivity contribution in [3.8, 4) is 0 Å². The van der Waals surface area contributed by atoms with Crippen molar-refractivity contribution in [3.63, 3.8) is 0 Å². The van der Waals surface area contributed by atoms with Crippen molar-refractivity contribution in [2.75, 3.05) is 12.4 Å². The Morgan fingerprint density at radius 1 is 1.50 bits per heavy atom. The molecule has 2 aromatic heterocycles. The molecule has 0 spiro atoms. The Kier molecular flexibility index (Phi) is 1.77. The summed E-state index contributed by atoms with van der Waals surface area (Å²) in [4.78, 5) is 22.8. The van der Waals surface area contributed by atoms with Crippen molar-refractivity contribution < 1.29 is 4.79 Å². The summed E-state index contributed by atoms with van der Waals surface area (Å²) in [5.74, 6) is 0.565. The lowest BCUT2D eigenvalue weighted by Gasteiger charge is -1.99. The molecule has 0 bridgehead atoms. The van der Waals surface area contributed by atoms with Crippen LogP contribution in [0.4, 0.5) is 10.6 Å². The summed E-state index contributed by atoms with van der Waals surface area (Å²) >= 11 is 0. The lowest BCUT2D eigenvalue weighted by Crippen LogP contribution is -2.18. The molecule has 0 saturated heterocycles. The third kappa shape index (κ3) is 1.06. The first-order valence-electron chi connectivity index (χ1n) is 3.89. The quantitative estimate of drug-likeness (QED) is 0.651. The molecular weight excluding hydrogens is 184 g/mol. The van der Waals surface area contributed by atoms with E-state index in [0.29, 0.717) is 17.0 Å². The molecule has 0 atom stereocenters. The Morgan fingerprint density at radius 2 is 2.29 bits per heavy atom. The average Bonchev–Trinajstić information content (AvgIpc) is 2.60. The maximum Gasteiger partial charge on any atom is 0.325 e. The van der Waals surface area contributed by atoms with Crippen LogP contribution >= 0.6 is 0 Å². The predicted octanol–water partition coefficient (Wildman–Crippen LogP) is -0.205. The highest BCUT2D eigenvalue weighted by Crippen LogP contribution is 2.15. The smallest absolute Gasteiger partial charge is 0.325 e. The van der Waals surface area contributed by atoms with Gasteiger partial charge in [0.1, 0.15) is 12.7 Å². The number of carbonyl (C=O) groups excluding carboxylic acids is 1. The molecule has 0 fully saturated rings. The Hall–Kier alpha value is -2.18. The van der Waals surface area contributed by atoms with Gasteiger partial charge in [0, 0.05) is 7.05 Å². The van der Waals surface area contributed by atoms with Crippen LogP contribution in [0.1, 0.15) is 0 Å². The number of nitrogens with zero attached hydrogens (tertiary/aromatic N) is 4. The minimum atomic E-state index is -0.617. The molecule has 72 valence electrons. The third-order valence-electron chi connectivity index (χ3n) is 1.81. The summed E-state index contributed by atoms with van der Waals surface area (Å²) in [6.45, 7) is 0. The van der Waals surface area contributed by atoms with Gasteiger partial charge >= 0.3 is 6.03 Å². The molecule has 2 rings (SSSR count). The largest absolute Gasteiger partial charge is 0.371 e. The van der Waals surface area contributed by atoms with Gasteiger partial charge < -0.3 is 11.1 Å². The first-order chi connectivity index (χ1) is 6.74. The second kappa shape index (κ2) is 2.95. The Labute approximate surface area is 79.0 Å². The van der Waals surface area contributed by atoms with E-state index < -0.39 is 6.03 Å². The summed E-state index contributed by atoms with van der Waals surface area (Å²) in [6.07, 6.45) is 2.66. The summed E-state index contributed by atoms with van der Waals surface area (Å²) in [7, 11) is 1.71. The number of aromatic nitrogens is 4. The number of carbonyl (C=O) groups is 1. The first kappa shape index (κ1) is 8.42. The summed E-state index contributed by atoms with van der Waals surface area (Å²) in [6, 6.07) is -0.617. The number of nitrogens with one attached hydrogen (secondary N) is 1. The van der Waals surface area contributed by atoms with Gasteiger partial charge in [-0.25, -0.2) is 24.3 Å². The molecule has 3 N–H and O–H groups in total. The van der Waals surface area contributed by atoms with Gasteiger partial charge in [-0.3, -0.25) is 0 Å². The standard InChI is InChI=1S/C7H8N6O/c1-9-5-4-6(11-2-10-5)13(3-12-4)7(8)14/h2-3H,1H3,(H2,8,14)(H,9,10,11). The van der Waals surface area contributed by atoms with Gasteiger partial charge in [-0.15, -0.1) is 0 Å². The molecule has 2 heterocycles. The second-order valence-corrected chi connectivity index (χ2v) is 2.60.